The molecule has 0 aliphatic rings. The zero-order valence-electron chi connectivity index (χ0n) is 14.3. The number of benzene rings is 1. The van der Waals surface area contributed by atoms with Crippen LogP contribution in [0.25, 0.3) is 27.8 Å². The molecule has 0 saturated carbocycles. The summed E-state index contributed by atoms with van der Waals surface area (Å²) < 4.78 is 1.86. The van der Waals surface area contributed by atoms with Crippen LogP contribution in [0, 0.1) is 13.8 Å². The lowest BCUT2D eigenvalue weighted by molar-refractivity contribution is 0.471. The third kappa shape index (κ3) is 2.36. The van der Waals surface area contributed by atoms with E-state index in [-0.39, 0.29) is 5.75 Å². The van der Waals surface area contributed by atoms with Gasteiger partial charge in [0.25, 0.3) is 0 Å². The SMILES string of the molecule is CCNc1ncc2cc(-c3c(C)ccc(O)c3C)c3nncn3c2n1. The molecule has 4 aromatic rings. The minimum atomic E-state index is 0.261. The maximum atomic E-state index is 10.1. The highest BCUT2D eigenvalue weighted by Gasteiger charge is 2.17. The molecule has 3 aromatic heterocycles. The maximum absolute atomic E-state index is 10.1. The lowest BCUT2D eigenvalue weighted by atomic mass is 9.95. The molecule has 3 heterocycles. The van der Waals surface area contributed by atoms with Crippen molar-refractivity contribution in [1.29, 1.82) is 0 Å². The second-order valence-electron chi connectivity index (χ2n) is 5.99. The van der Waals surface area contributed by atoms with Crippen molar-refractivity contribution >= 4 is 22.6 Å². The number of anilines is 1. The molecule has 0 bridgehead atoms. The zero-order chi connectivity index (χ0) is 17.6. The predicted octanol–water partition coefficient (Wildman–Crippen LogP) is 3.09. The Hall–Kier alpha value is -3.22. The van der Waals surface area contributed by atoms with E-state index in [0.29, 0.717) is 11.6 Å². The quantitative estimate of drug-likeness (QED) is 0.598. The van der Waals surface area contributed by atoms with Gasteiger partial charge < -0.3 is 10.4 Å². The second kappa shape index (κ2) is 5.70. The Bertz CT molecular complexity index is 1100. The van der Waals surface area contributed by atoms with Crippen molar-refractivity contribution in [3.8, 4) is 16.9 Å². The van der Waals surface area contributed by atoms with E-state index in [9.17, 15) is 5.11 Å². The molecular formula is C18H18N6O. The van der Waals surface area contributed by atoms with Gasteiger partial charge in [-0.3, -0.25) is 4.40 Å². The predicted molar refractivity (Wildman–Crippen MR) is 96.8 cm³/mol. The van der Waals surface area contributed by atoms with Crippen molar-refractivity contribution in [1.82, 2.24) is 24.6 Å². The summed E-state index contributed by atoms with van der Waals surface area (Å²) >= 11 is 0. The van der Waals surface area contributed by atoms with Crippen LogP contribution in [0.5, 0.6) is 5.75 Å². The van der Waals surface area contributed by atoms with Gasteiger partial charge in [0.2, 0.25) is 5.95 Å². The van der Waals surface area contributed by atoms with E-state index in [2.05, 4.69) is 25.5 Å². The van der Waals surface area contributed by atoms with Crippen LogP contribution < -0.4 is 5.32 Å². The van der Waals surface area contributed by atoms with Crippen molar-refractivity contribution < 1.29 is 5.11 Å². The number of phenolic OH excluding ortho intramolecular Hbond substituents is 1. The van der Waals surface area contributed by atoms with Crippen LogP contribution >= 0.6 is 0 Å². The summed E-state index contributed by atoms with van der Waals surface area (Å²) in [5, 5.41) is 22.5. The summed E-state index contributed by atoms with van der Waals surface area (Å²) in [6.07, 6.45) is 3.44. The molecule has 0 radical (unpaired) electrons. The Kier molecular flexibility index (Phi) is 3.49. The van der Waals surface area contributed by atoms with E-state index in [0.717, 1.165) is 39.8 Å². The highest BCUT2D eigenvalue weighted by molar-refractivity contribution is 5.92. The second-order valence-corrected chi connectivity index (χ2v) is 5.99. The smallest absolute Gasteiger partial charge is 0.224 e. The van der Waals surface area contributed by atoms with Crippen molar-refractivity contribution in [2.75, 3.05) is 11.9 Å². The topological polar surface area (TPSA) is 88.2 Å². The number of hydrogen-bond acceptors (Lipinski definition) is 6. The van der Waals surface area contributed by atoms with Crippen molar-refractivity contribution in [2.24, 2.45) is 0 Å². The van der Waals surface area contributed by atoms with Crippen LogP contribution in [-0.4, -0.2) is 36.2 Å². The number of fused-ring (bicyclic) bond motifs is 3. The standard InChI is InChI=1S/C18H18N6O/c1-4-19-18-20-8-12-7-13(15-10(2)5-6-14(25)11(15)3)17-23-21-9-24(17)16(12)22-18/h5-9,25H,4H2,1-3H3,(H,19,20,22). The average Bonchev–Trinajstić information content (AvgIpc) is 3.09. The molecule has 0 atom stereocenters. The first kappa shape index (κ1) is 15.3. The third-order valence-corrected chi connectivity index (χ3v) is 4.36. The molecule has 1 aromatic carbocycles. The highest BCUT2D eigenvalue weighted by atomic mass is 16.3. The van der Waals surface area contributed by atoms with E-state index in [1.54, 1.807) is 18.6 Å². The molecule has 0 aliphatic carbocycles. The van der Waals surface area contributed by atoms with Crippen LogP contribution in [0.4, 0.5) is 5.95 Å². The molecule has 7 heteroatoms. The van der Waals surface area contributed by atoms with E-state index in [4.69, 9.17) is 0 Å². The molecule has 0 fully saturated rings. The summed E-state index contributed by atoms with van der Waals surface area (Å²) in [6.45, 7) is 6.66. The maximum Gasteiger partial charge on any atom is 0.224 e. The third-order valence-electron chi connectivity index (χ3n) is 4.36. The van der Waals surface area contributed by atoms with Crippen LogP contribution in [0.3, 0.4) is 0 Å². The zero-order valence-corrected chi connectivity index (χ0v) is 14.3. The van der Waals surface area contributed by atoms with Crippen molar-refractivity contribution in [3.05, 3.63) is 41.9 Å². The first-order chi connectivity index (χ1) is 12.1. The van der Waals surface area contributed by atoms with E-state index >= 15 is 0 Å². The Balaban J connectivity index is 2.07. The fourth-order valence-electron chi connectivity index (χ4n) is 3.15. The summed E-state index contributed by atoms with van der Waals surface area (Å²) in [4.78, 5) is 8.93. The van der Waals surface area contributed by atoms with Crippen molar-refractivity contribution in [3.63, 3.8) is 0 Å². The molecular weight excluding hydrogens is 316 g/mol. The normalized spacial score (nSPS) is 11.3. The molecule has 0 aliphatic heterocycles. The Morgan fingerprint density at radius 3 is 2.84 bits per heavy atom. The van der Waals surface area contributed by atoms with Gasteiger partial charge >= 0.3 is 0 Å². The first-order valence-electron chi connectivity index (χ1n) is 8.13. The lowest BCUT2D eigenvalue weighted by Gasteiger charge is -2.14. The average molecular weight is 334 g/mol. The van der Waals surface area contributed by atoms with Gasteiger partial charge in [-0.2, -0.15) is 4.98 Å². The summed E-state index contributed by atoms with van der Waals surface area (Å²) in [5.41, 5.74) is 5.17. The van der Waals surface area contributed by atoms with E-state index in [1.165, 1.54) is 0 Å². The molecule has 4 rings (SSSR count). The number of phenols is 1. The number of aromatic nitrogens is 5. The first-order valence-corrected chi connectivity index (χ1v) is 8.13. The minimum absolute atomic E-state index is 0.261. The Morgan fingerprint density at radius 1 is 1.20 bits per heavy atom. The molecule has 0 spiro atoms. The van der Waals surface area contributed by atoms with Gasteiger partial charge in [-0.25, -0.2) is 4.98 Å². The van der Waals surface area contributed by atoms with Gasteiger partial charge in [-0.1, -0.05) is 6.07 Å². The summed E-state index contributed by atoms with van der Waals surface area (Å²) in [7, 11) is 0. The fraction of sp³-hybridized carbons (Fsp3) is 0.222. The van der Waals surface area contributed by atoms with Crippen LogP contribution in [0.2, 0.25) is 0 Å². The fourth-order valence-corrected chi connectivity index (χ4v) is 3.15. The van der Waals surface area contributed by atoms with Gasteiger partial charge in [-0.05, 0) is 49.6 Å². The largest absolute Gasteiger partial charge is 0.508 e. The number of pyridine rings is 1. The molecule has 25 heavy (non-hydrogen) atoms. The van der Waals surface area contributed by atoms with Crippen LogP contribution in [0.15, 0.2) is 30.7 Å². The molecule has 0 amide bonds. The summed E-state index contributed by atoms with van der Waals surface area (Å²) in [6, 6.07) is 5.62. The molecule has 126 valence electrons. The number of hydrogen-bond donors (Lipinski definition) is 2. The molecule has 0 saturated heterocycles. The number of aromatic hydroxyl groups is 1. The summed E-state index contributed by atoms with van der Waals surface area (Å²) in [5.74, 6) is 0.833. The number of aryl methyl sites for hydroxylation is 1. The Labute approximate surface area is 144 Å². The van der Waals surface area contributed by atoms with Gasteiger partial charge in [0.05, 0.1) is 0 Å². The van der Waals surface area contributed by atoms with Crippen LogP contribution in [0.1, 0.15) is 18.1 Å². The monoisotopic (exact) mass is 334 g/mol. The van der Waals surface area contributed by atoms with Gasteiger partial charge in [0.1, 0.15) is 12.1 Å². The molecule has 2 N–H and O–H groups in total. The van der Waals surface area contributed by atoms with Gasteiger partial charge in [0.15, 0.2) is 11.3 Å². The number of nitrogens with zero attached hydrogens (tertiary/aromatic N) is 5. The van der Waals surface area contributed by atoms with Gasteiger partial charge in [0, 0.05) is 23.7 Å². The van der Waals surface area contributed by atoms with E-state index < -0.39 is 0 Å². The Morgan fingerprint density at radius 2 is 2.04 bits per heavy atom. The lowest BCUT2D eigenvalue weighted by Crippen LogP contribution is -2.04. The molecule has 7 nitrogen and oxygen atoms in total. The number of nitrogens with one attached hydrogen (secondary N) is 1. The van der Waals surface area contributed by atoms with E-state index in [1.807, 2.05) is 37.3 Å². The van der Waals surface area contributed by atoms with Crippen LogP contribution in [-0.2, 0) is 0 Å². The number of rotatable bonds is 3. The van der Waals surface area contributed by atoms with Gasteiger partial charge in [-0.15, -0.1) is 10.2 Å². The molecule has 0 unspecified atom stereocenters. The minimum Gasteiger partial charge on any atom is -0.508 e. The highest BCUT2D eigenvalue weighted by Crippen LogP contribution is 2.36. The van der Waals surface area contributed by atoms with Crippen molar-refractivity contribution in [2.45, 2.75) is 20.8 Å².